The third-order valence-corrected chi connectivity index (χ3v) is 2.46. The lowest BCUT2D eigenvalue weighted by Gasteiger charge is -2.07. The number of primary amides is 1. The first-order valence-corrected chi connectivity index (χ1v) is 5.36. The number of amides is 1. The zero-order valence-electron chi connectivity index (χ0n) is 7.37. The zero-order chi connectivity index (χ0) is 10.1. The molecule has 0 bridgehead atoms. The molecule has 1 heterocycles. The molecule has 0 radical (unpaired) electrons. The number of nitrogens with two attached hydrogens (primary N) is 1. The normalized spacial score (nSPS) is 15.2. The minimum Gasteiger partial charge on any atom is -0.488 e. The van der Waals surface area contributed by atoms with E-state index in [0.29, 0.717) is 5.75 Å². The van der Waals surface area contributed by atoms with Gasteiger partial charge >= 0.3 is 0 Å². The molecule has 4 nitrogen and oxygen atoms in total. The zero-order valence-corrected chi connectivity index (χ0v) is 9.52. The van der Waals surface area contributed by atoms with Gasteiger partial charge in [-0.2, -0.15) is 0 Å². The second kappa shape index (κ2) is 3.72. The number of rotatable bonds is 3. The van der Waals surface area contributed by atoms with E-state index in [1.54, 1.807) is 12.3 Å². The molecule has 0 atom stereocenters. The Kier molecular flexibility index (Phi) is 2.58. The van der Waals surface area contributed by atoms with Crippen LogP contribution in [0.15, 0.2) is 12.3 Å². The highest BCUT2D eigenvalue weighted by molar-refractivity contribution is 14.1. The maximum Gasteiger partial charge on any atom is 0.271 e. The van der Waals surface area contributed by atoms with E-state index in [1.165, 1.54) is 0 Å². The van der Waals surface area contributed by atoms with Crippen molar-refractivity contribution in [2.75, 3.05) is 0 Å². The quantitative estimate of drug-likeness (QED) is 0.857. The number of ether oxygens (including phenoxy) is 1. The topological polar surface area (TPSA) is 65.2 Å². The van der Waals surface area contributed by atoms with Crippen LogP contribution in [0.1, 0.15) is 23.3 Å². The van der Waals surface area contributed by atoms with Gasteiger partial charge in [0.25, 0.3) is 5.91 Å². The molecule has 1 amide bonds. The number of nitrogens with zero attached hydrogens (tertiary/aromatic N) is 1. The van der Waals surface area contributed by atoms with E-state index < -0.39 is 5.91 Å². The summed E-state index contributed by atoms with van der Waals surface area (Å²) in [5.74, 6) is -0.0380. The van der Waals surface area contributed by atoms with Crippen LogP contribution in [0.2, 0.25) is 0 Å². The third-order valence-electron chi connectivity index (χ3n) is 1.87. The Bertz CT molecular complexity index is 377. The molecule has 5 heteroatoms. The van der Waals surface area contributed by atoms with Gasteiger partial charge in [-0.05, 0) is 41.5 Å². The van der Waals surface area contributed by atoms with Crippen LogP contribution in [0, 0.1) is 3.57 Å². The largest absolute Gasteiger partial charge is 0.488 e. The van der Waals surface area contributed by atoms with Crippen LogP contribution in [-0.2, 0) is 0 Å². The molecule has 1 aliphatic rings. The summed E-state index contributed by atoms with van der Waals surface area (Å²) in [6.45, 7) is 0. The summed E-state index contributed by atoms with van der Waals surface area (Å²) in [7, 11) is 0. The molecule has 1 aromatic heterocycles. The van der Waals surface area contributed by atoms with Crippen molar-refractivity contribution >= 4 is 28.5 Å². The fraction of sp³-hybridized carbons (Fsp3) is 0.333. The smallest absolute Gasteiger partial charge is 0.271 e. The molecule has 1 saturated carbocycles. The highest BCUT2D eigenvalue weighted by Gasteiger charge is 2.25. The Hall–Kier alpha value is -0.850. The van der Waals surface area contributed by atoms with Crippen molar-refractivity contribution in [3.63, 3.8) is 0 Å². The van der Waals surface area contributed by atoms with Gasteiger partial charge in [-0.3, -0.25) is 4.79 Å². The van der Waals surface area contributed by atoms with Gasteiger partial charge in [0, 0.05) is 9.77 Å². The lowest BCUT2D eigenvalue weighted by atomic mass is 10.3. The second-order valence-electron chi connectivity index (χ2n) is 3.18. The summed E-state index contributed by atoms with van der Waals surface area (Å²) >= 11 is 2.12. The van der Waals surface area contributed by atoms with Crippen molar-refractivity contribution < 1.29 is 9.53 Å². The van der Waals surface area contributed by atoms with Crippen LogP contribution in [0.25, 0.3) is 0 Å². The predicted molar refractivity (Wildman–Crippen MR) is 59.1 cm³/mol. The number of carbonyl (C=O) groups is 1. The minimum atomic E-state index is -0.544. The summed E-state index contributed by atoms with van der Waals surface area (Å²) in [6.07, 6.45) is 3.93. The number of hydrogen-bond donors (Lipinski definition) is 1. The van der Waals surface area contributed by atoms with E-state index in [9.17, 15) is 4.79 Å². The van der Waals surface area contributed by atoms with Crippen LogP contribution >= 0.6 is 22.6 Å². The van der Waals surface area contributed by atoms with Crippen LogP contribution in [0.4, 0.5) is 0 Å². The average molecular weight is 304 g/mol. The molecule has 1 fully saturated rings. The van der Waals surface area contributed by atoms with Crippen molar-refractivity contribution in [1.29, 1.82) is 0 Å². The summed E-state index contributed by atoms with van der Waals surface area (Å²) in [5, 5.41) is 0. The number of halogens is 1. The van der Waals surface area contributed by atoms with Crippen molar-refractivity contribution in [1.82, 2.24) is 4.98 Å². The van der Waals surface area contributed by atoms with Crippen LogP contribution in [-0.4, -0.2) is 17.0 Å². The molecule has 0 unspecified atom stereocenters. The molecule has 0 aromatic carbocycles. The Morgan fingerprint density at radius 1 is 1.64 bits per heavy atom. The van der Waals surface area contributed by atoms with E-state index in [-0.39, 0.29) is 11.8 Å². The third kappa shape index (κ3) is 2.14. The van der Waals surface area contributed by atoms with Gasteiger partial charge in [0.05, 0.1) is 6.10 Å². The molecule has 0 spiro atoms. The SMILES string of the molecule is NC(=O)c1ncc(I)cc1OC1CC1. The highest BCUT2D eigenvalue weighted by atomic mass is 127. The molecule has 1 aliphatic carbocycles. The lowest BCUT2D eigenvalue weighted by molar-refractivity contribution is 0.0991. The van der Waals surface area contributed by atoms with Gasteiger partial charge in [-0.25, -0.2) is 4.98 Å². The van der Waals surface area contributed by atoms with Gasteiger partial charge in [0.15, 0.2) is 11.4 Å². The summed E-state index contributed by atoms with van der Waals surface area (Å²) < 4.78 is 6.46. The first-order chi connectivity index (χ1) is 6.66. The van der Waals surface area contributed by atoms with Gasteiger partial charge in [0.2, 0.25) is 0 Å². The van der Waals surface area contributed by atoms with Crippen molar-refractivity contribution in [3.05, 3.63) is 21.5 Å². The first kappa shape index (κ1) is 9.70. The monoisotopic (exact) mass is 304 g/mol. The molecular formula is C9H9IN2O2. The average Bonchev–Trinajstić information content (AvgIpc) is 2.87. The van der Waals surface area contributed by atoms with E-state index >= 15 is 0 Å². The number of aromatic nitrogens is 1. The molecule has 74 valence electrons. The number of carbonyl (C=O) groups excluding carboxylic acids is 1. The standard InChI is InChI=1S/C9H9IN2O2/c10-5-3-7(14-6-1-2-6)8(9(11)13)12-4-5/h3-4,6H,1-2H2,(H2,11,13). The minimum absolute atomic E-state index is 0.220. The van der Waals surface area contributed by atoms with Crippen molar-refractivity contribution in [2.45, 2.75) is 18.9 Å². The van der Waals surface area contributed by atoms with Gasteiger partial charge in [-0.15, -0.1) is 0 Å². The summed E-state index contributed by atoms with van der Waals surface area (Å²) in [5.41, 5.74) is 5.40. The molecule has 2 N–H and O–H groups in total. The predicted octanol–water partition coefficient (Wildman–Crippen LogP) is 1.33. The van der Waals surface area contributed by atoms with Crippen molar-refractivity contribution in [2.24, 2.45) is 5.73 Å². The maximum atomic E-state index is 11.0. The molecule has 1 aromatic rings. The Labute approximate surface area is 95.0 Å². The Balaban J connectivity index is 2.31. The van der Waals surface area contributed by atoms with Gasteiger partial charge in [0.1, 0.15) is 0 Å². The van der Waals surface area contributed by atoms with E-state index in [1.807, 2.05) is 0 Å². The lowest BCUT2D eigenvalue weighted by Crippen LogP contribution is -2.15. The van der Waals surface area contributed by atoms with E-state index in [2.05, 4.69) is 27.6 Å². The van der Waals surface area contributed by atoms with Crippen LogP contribution in [0.5, 0.6) is 5.75 Å². The summed E-state index contributed by atoms with van der Waals surface area (Å²) in [6, 6.07) is 1.78. The molecule has 2 rings (SSSR count). The molecule has 0 aliphatic heterocycles. The van der Waals surface area contributed by atoms with Gasteiger partial charge < -0.3 is 10.5 Å². The molecular weight excluding hydrogens is 295 g/mol. The highest BCUT2D eigenvalue weighted by Crippen LogP contribution is 2.29. The Morgan fingerprint density at radius 3 is 2.93 bits per heavy atom. The Morgan fingerprint density at radius 2 is 2.36 bits per heavy atom. The number of pyridine rings is 1. The fourth-order valence-corrected chi connectivity index (χ4v) is 1.48. The van der Waals surface area contributed by atoms with E-state index in [0.717, 1.165) is 16.4 Å². The van der Waals surface area contributed by atoms with Gasteiger partial charge in [-0.1, -0.05) is 0 Å². The molecule has 0 saturated heterocycles. The maximum absolute atomic E-state index is 11.0. The summed E-state index contributed by atoms with van der Waals surface area (Å²) in [4.78, 5) is 15.0. The number of hydrogen-bond acceptors (Lipinski definition) is 3. The van der Waals surface area contributed by atoms with Crippen LogP contribution in [0.3, 0.4) is 0 Å². The van der Waals surface area contributed by atoms with Crippen LogP contribution < -0.4 is 10.5 Å². The fourth-order valence-electron chi connectivity index (χ4n) is 1.06. The van der Waals surface area contributed by atoms with E-state index in [4.69, 9.17) is 10.5 Å². The van der Waals surface area contributed by atoms with Crippen molar-refractivity contribution in [3.8, 4) is 5.75 Å². The molecule has 14 heavy (non-hydrogen) atoms. The second-order valence-corrected chi connectivity index (χ2v) is 4.43. The first-order valence-electron chi connectivity index (χ1n) is 4.29.